The van der Waals surface area contributed by atoms with Crippen molar-refractivity contribution in [1.82, 2.24) is 5.32 Å². The van der Waals surface area contributed by atoms with Crippen molar-refractivity contribution in [2.75, 3.05) is 13.2 Å². The predicted octanol–water partition coefficient (Wildman–Crippen LogP) is 4.00. The lowest BCUT2D eigenvalue weighted by atomic mass is 10.1. The molecule has 0 spiro atoms. The molecule has 2 nitrogen and oxygen atoms in total. The Morgan fingerprint density at radius 3 is 2.52 bits per heavy atom. The van der Waals surface area contributed by atoms with Gasteiger partial charge in [0, 0.05) is 6.54 Å². The molecule has 0 bridgehead atoms. The Hall–Kier alpha value is -1.23. The van der Waals surface area contributed by atoms with Crippen LogP contribution in [0.1, 0.15) is 42.7 Å². The van der Waals surface area contributed by atoms with Gasteiger partial charge in [-0.1, -0.05) is 12.1 Å². The van der Waals surface area contributed by atoms with E-state index in [4.69, 9.17) is 4.74 Å². The molecule has 2 aliphatic rings. The van der Waals surface area contributed by atoms with Crippen LogP contribution in [-0.4, -0.2) is 19.3 Å². The number of hydrogen-bond donors (Lipinski definition) is 1. The van der Waals surface area contributed by atoms with Crippen molar-refractivity contribution in [3.63, 3.8) is 0 Å². The summed E-state index contributed by atoms with van der Waals surface area (Å²) in [4.78, 5) is 0. The molecule has 0 saturated heterocycles. The van der Waals surface area contributed by atoms with E-state index in [1.54, 1.807) is 6.07 Å². The summed E-state index contributed by atoms with van der Waals surface area (Å²) in [7, 11) is 0. The zero-order valence-corrected chi connectivity index (χ0v) is 11.9. The van der Waals surface area contributed by atoms with Gasteiger partial charge in [-0.25, -0.2) is 0 Å². The fourth-order valence-electron chi connectivity index (χ4n) is 2.45. The van der Waals surface area contributed by atoms with E-state index in [1.165, 1.54) is 12.8 Å². The average Bonchev–Trinajstić information content (AvgIpc) is 3.28. The smallest absolute Gasteiger partial charge is 0.422 e. The summed E-state index contributed by atoms with van der Waals surface area (Å²) >= 11 is 0. The zero-order chi connectivity index (χ0) is 14.9. The summed E-state index contributed by atoms with van der Waals surface area (Å²) < 4.78 is 41.8. The molecule has 2 fully saturated rings. The lowest BCUT2D eigenvalue weighted by molar-refractivity contribution is -0.153. The van der Waals surface area contributed by atoms with Crippen LogP contribution in [0.2, 0.25) is 0 Å². The highest BCUT2D eigenvalue weighted by molar-refractivity contribution is 5.41. The normalized spacial score (nSPS) is 18.8. The van der Waals surface area contributed by atoms with E-state index in [1.807, 2.05) is 12.1 Å². The van der Waals surface area contributed by atoms with E-state index in [-0.39, 0.29) is 0 Å². The van der Waals surface area contributed by atoms with Crippen molar-refractivity contribution in [1.29, 1.82) is 0 Å². The van der Waals surface area contributed by atoms with Gasteiger partial charge in [0.1, 0.15) is 5.75 Å². The summed E-state index contributed by atoms with van der Waals surface area (Å²) in [5, 5.41) is 3.41. The van der Waals surface area contributed by atoms with Crippen LogP contribution in [0.15, 0.2) is 18.2 Å². The van der Waals surface area contributed by atoms with Crippen LogP contribution in [0.4, 0.5) is 13.2 Å². The standard InChI is InChI=1S/C16H20F3NO/c17-16(18,19)10-21-15-6-3-12(7-14(15)13-4-5-13)9-20-8-11-1-2-11/h3,6-7,11,13,20H,1-2,4-5,8-10H2. The molecule has 2 aliphatic carbocycles. The van der Waals surface area contributed by atoms with Crippen LogP contribution in [0.3, 0.4) is 0 Å². The van der Waals surface area contributed by atoms with Gasteiger partial charge >= 0.3 is 6.18 Å². The van der Waals surface area contributed by atoms with E-state index in [9.17, 15) is 13.2 Å². The second-order valence-corrected chi connectivity index (χ2v) is 6.12. The number of alkyl halides is 3. The molecule has 116 valence electrons. The van der Waals surface area contributed by atoms with Crippen molar-refractivity contribution in [3.05, 3.63) is 29.3 Å². The largest absolute Gasteiger partial charge is 0.484 e. The SMILES string of the molecule is FC(F)(F)COc1ccc(CNCC2CC2)cc1C1CC1. The Kier molecular flexibility index (Phi) is 4.11. The quantitative estimate of drug-likeness (QED) is 0.821. The Bertz CT molecular complexity index is 493. The fraction of sp³-hybridized carbons (Fsp3) is 0.625. The summed E-state index contributed by atoms with van der Waals surface area (Å²) in [6.45, 7) is 0.590. The first-order valence-electron chi connectivity index (χ1n) is 7.54. The minimum atomic E-state index is -4.29. The monoisotopic (exact) mass is 299 g/mol. The molecule has 1 N–H and O–H groups in total. The van der Waals surface area contributed by atoms with Crippen LogP contribution < -0.4 is 10.1 Å². The third-order valence-electron chi connectivity index (χ3n) is 3.94. The maximum absolute atomic E-state index is 12.3. The van der Waals surface area contributed by atoms with Gasteiger partial charge in [0.25, 0.3) is 0 Å². The Morgan fingerprint density at radius 1 is 1.14 bits per heavy atom. The summed E-state index contributed by atoms with van der Waals surface area (Å²) in [6, 6.07) is 5.55. The van der Waals surface area contributed by atoms with Gasteiger partial charge in [0.15, 0.2) is 6.61 Å². The van der Waals surface area contributed by atoms with Crippen LogP contribution in [0.25, 0.3) is 0 Å². The summed E-state index contributed by atoms with van der Waals surface area (Å²) in [5.74, 6) is 1.58. The molecule has 21 heavy (non-hydrogen) atoms. The first-order valence-corrected chi connectivity index (χ1v) is 7.54. The molecular formula is C16H20F3NO. The van der Waals surface area contributed by atoms with Crippen molar-refractivity contribution in [2.24, 2.45) is 5.92 Å². The van der Waals surface area contributed by atoms with Crippen molar-refractivity contribution < 1.29 is 17.9 Å². The Morgan fingerprint density at radius 2 is 1.90 bits per heavy atom. The maximum Gasteiger partial charge on any atom is 0.422 e. The van der Waals surface area contributed by atoms with E-state index < -0.39 is 12.8 Å². The highest BCUT2D eigenvalue weighted by atomic mass is 19.4. The van der Waals surface area contributed by atoms with Crippen molar-refractivity contribution >= 4 is 0 Å². The lowest BCUT2D eigenvalue weighted by Gasteiger charge is -2.14. The second kappa shape index (κ2) is 5.87. The van der Waals surface area contributed by atoms with Crippen LogP contribution in [0, 0.1) is 5.92 Å². The lowest BCUT2D eigenvalue weighted by Crippen LogP contribution is -2.20. The third-order valence-corrected chi connectivity index (χ3v) is 3.94. The maximum atomic E-state index is 12.3. The zero-order valence-electron chi connectivity index (χ0n) is 11.9. The summed E-state index contributed by atoms with van der Waals surface area (Å²) in [6.07, 6.45) is 0.420. The van der Waals surface area contributed by atoms with Crippen LogP contribution in [-0.2, 0) is 6.54 Å². The van der Waals surface area contributed by atoms with Gasteiger partial charge in [-0.05, 0) is 61.3 Å². The Balaban J connectivity index is 1.62. The summed E-state index contributed by atoms with van der Waals surface area (Å²) in [5.41, 5.74) is 2.06. The molecule has 0 aromatic heterocycles. The van der Waals surface area contributed by atoms with Crippen molar-refractivity contribution in [3.8, 4) is 5.75 Å². The molecule has 1 aromatic carbocycles. The molecule has 5 heteroatoms. The van der Waals surface area contributed by atoms with Crippen LogP contribution in [0.5, 0.6) is 5.75 Å². The van der Waals surface area contributed by atoms with E-state index >= 15 is 0 Å². The highest BCUT2D eigenvalue weighted by Gasteiger charge is 2.31. The molecule has 0 heterocycles. The highest BCUT2D eigenvalue weighted by Crippen LogP contribution is 2.44. The van der Waals surface area contributed by atoms with Crippen LogP contribution >= 0.6 is 0 Å². The molecule has 2 saturated carbocycles. The number of rotatable bonds is 7. The minimum absolute atomic E-state index is 0.372. The molecule has 0 aliphatic heterocycles. The number of hydrogen-bond acceptors (Lipinski definition) is 2. The average molecular weight is 299 g/mol. The fourth-order valence-corrected chi connectivity index (χ4v) is 2.45. The number of nitrogens with one attached hydrogen (secondary N) is 1. The number of benzene rings is 1. The number of ether oxygens (including phenoxy) is 1. The molecule has 0 atom stereocenters. The minimum Gasteiger partial charge on any atom is -0.484 e. The number of halogens is 3. The second-order valence-electron chi connectivity index (χ2n) is 6.12. The molecule has 0 unspecified atom stereocenters. The molecule has 1 aromatic rings. The first-order chi connectivity index (χ1) is 10.0. The van der Waals surface area contributed by atoms with E-state index in [0.717, 1.165) is 43.0 Å². The van der Waals surface area contributed by atoms with Gasteiger partial charge < -0.3 is 10.1 Å². The molecule has 0 amide bonds. The van der Waals surface area contributed by atoms with Gasteiger partial charge in [0.2, 0.25) is 0 Å². The topological polar surface area (TPSA) is 21.3 Å². The molecule has 0 radical (unpaired) electrons. The van der Waals surface area contributed by atoms with E-state index in [2.05, 4.69) is 5.32 Å². The Labute approximate surface area is 122 Å². The first kappa shape index (κ1) is 14.7. The van der Waals surface area contributed by atoms with Crippen molar-refractivity contribution in [2.45, 2.75) is 44.3 Å². The van der Waals surface area contributed by atoms with E-state index in [0.29, 0.717) is 11.7 Å². The van der Waals surface area contributed by atoms with Gasteiger partial charge in [-0.3, -0.25) is 0 Å². The molecule has 3 rings (SSSR count). The van der Waals surface area contributed by atoms with Gasteiger partial charge in [-0.2, -0.15) is 13.2 Å². The van der Waals surface area contributed by atoms with Gasteiger partial charge in [-0.15, -0.1) is 0 Å². The third kappa shape index (κ3) is 4.63. The molecular weight excluding hydrogens is 279 g/mol. The predicted molar refractivity (Wildman–Crippen MR) is 74.4 cm³/mol. The van der Waals surface area contributed by atoms with Gasteiger partial charge in [0.05, 0.1) is 0 Å².